The number of aromatic amines is 1. The van der Waals surface area contributed by atoms with Crippen molar-refractivity contribution in [1.82, 2.24) is 30.5 Å². The second-order valence-corrected chi connectivity index (χ2v) is 18.6. The van der Waals surface area contributed by atoms with Crippen LogP contribution in [-0.2, 0) is 46.5 Å². The summed E-state index contributed by atoms with van der Waals surface area (Å²) in [6.45, 7) is 3.58. The average molecular weight is 927 g/mol. The van der Waals surface area contributed by atoms with Gasteiger partial charge >= 0.3 is 6.09 Å². The summed E-state index contributed by atoms with van der Waals surface area (Å²) in [4.78, 5) is 95.7. The quantitative estimate of drug-likeness (QED) is 0.0245. The summed E-state index contributed by atoms with van der Waals surface area (Å²) in [5.74, 6) is -0.521. The van der Waals surface area contributed by atoms with E-state index in [0.29, 0.717) is 56.9 Å². The van der Waals surface area contributed by atoms with Crippen molar-refractivity contribution in [3.63, 3.8) is 0 Å². The minimum atomic E-state index is -0.942. The zero-order valence-electron chi connectivity index (χ0n) is 37.6. The summed E-state index contributed by atoms with van der Waals surface area (Å²) in [5, 5.41) is 22.0. The van der Waals surface area contributed by atoms with Gasteiger partial charge in [0, 0.05) is 92.4 Å². The lowest BCUT2D eigenvalue weighted by atomic mass is 9.79. The molecule has 1 saturated heterocycles. The Balaban J connectivity index is 0.857. The molecule has 2 fully saturated rings. The molecular weight excluding hydrogens is 865 g/mol. The molecule has 0 spiro atoms. The Morgan fingerprint density at radius 1 is 0.970 bits per heavy atom. The summed E-state index contributed by atoms with van der Waals surface area (Å²) in [6.07, 6.45) is 11.9. The fourth-order valence-corrected chi connectivity index (χ4v) is 9.88. The number of benzene rings is 2. The molecule has 3 heterocycles. The molecule has 3 aliphatic rings. The Hall–Kier alpha value is -5.78. The molecular formula is C49H62N6O10S. The number of nitrogens with zero attached hydrogens (tertiary/aromatic N) is 3. The standard InChI is InChI=1S/C49H62N6O10S/c1-33-39(40-8-4-5-9-41(40)51-33)24-27-53(32-36-12-10-34(11-13-36)17-21-43(57)52-64)49(63)65-29-30-66-42-31-46(60)55(48(42)62)26-6-2-3-7-38(56)20-16-35-14-18-37(19-15-35)47(61)50-25-28-54-44(58)22-23-45(54)59/h4-5,8-13,17,21-23,35,37,42,44,51,58,64H,2-3,6-7,14-16,18-20,24-32H2,1H3,(H,50,61)(H,52,57)/b21-17+. The van der Waals surface area contributed by atoms with Gasteiger partial charge in [0.05, 0.1) is 5.25 Å². The number of likely N-dealkylation sites (tertiary alicyclic amines) is 1. The Kier molecular flexibility index (Phi) is 18.6. The minimum absolute atomic E-state index is 0.0303. The number of para-hydroxylation sites is 1. The lowest BCUT2D eigenvalue weighted by Gasteiger charge is -2.28. The molecule has 0 bridgehead atoms. The van der Waals surface area contributed by atoms with Gasteiger partial charge in [0.2, 0.25) is 23.6 Å². The minimum Gasteiger partial charge on any atom is -0.449 e. The summed E-state index contributed by atoms with van der Waals surface area (Å²) >= 11 is 1.31. The van der Waals surface area contributed by atoms with Crippen molar-refractivity contribution in [2.75, 3.05) is 38.5 Å². The van der Waals surface area contributed by atoms with E-state index < -0.39 is 23.5 Å². The molecule has 354 valence electrons. The van der Waals surface area contributed by atoms with Gasteiger partial charge in [-0.1, -0.05) is 48.9 Å². The number of ketones is 1. The average Bonchev–Trinajstić information content (AvgIpc) is 3.92. The highest BCUT2D eigenvalue weighted by Crippen LogP contribution is 2.32. The van der Waals surface area contributed by atoms with Crippen LogP contribution in [0.3, 0.4) is 0 Å². The maximum Gasteiger partial charge on any atom is 0.410 e. The normalized spacial score (nSPS) is 19.6. The maximum atomic E-state index is 13.6. The van der Waals surface area contributed by atoms with Gasteiger partial charge in [-0.3, -0.25) is 38.9 Å². The zero-order chi connectivity index (χ0) is 47.0. The molecule has 1 aliphatic carbocycles. The number of aromatic nitrogens is 1. The van der Waals surface area contributed by atoms with E-state index in [1.807, 2.05) is 49.4 Å². The topological polar surface area (TPSA) is 219 Å². The lowest BCUT2D eigenvalue weighted by molar-refractivity contribution is -0.138. The summed E-state index contributed by atoms with van der Waals surface area (Å²) in [5.41, 5.74) is 6.32. The number of thioether (sulfide) groups is 1. The first-order valence-electron chi connectivity index (χ1n) is 23.0. The molecule has 5 N–H and O–H groups in total. The Bertz CT molecular complexity index is 2250. The Morgan fingerprint density at radius 2 is 1.74 bits per heavy atom. The number of Topliss-reactive ketones (excluding diaryl/α,β-unsaturated/α-hetero) is 1. The van der Waals surface area contributed by atoms with E-state index in [1.165, 1.54) is 39.8 Å². The number of H-pyrrole nitrogens is 1. The van der Waals surface area contributed by atoms with Gasteiger partial charge in [0.1, 0.15) is 18.6 Å². The number of hydrogen-bond donors (Lipinski definition) is 5. The van der Waals surface area contributed by atoms with Crippen molar-refractivity contribution < 1.29 is 48.6 Å². The number of unbranched alkanes of at least 4 members (excludes halogenated alkanes) is 2. The summed E-state index contributed by atoms with van der Waals surface area (Å²) < 4.78 is 5.73. The Labute approximate surface area is 389 Å². The number of aryl methyl sites for hydroxylation is 1. The van der Waals surface area contributed by atoms with E-state index in [0.717, 1.165) is 71.8 Å². The lowest BCUT2D eigenvalue weighted by Crippen LogP contribution is -2.42. The highest BCUT2D eigenvalue weighted by molar-refractivity contribution is 8.00. The van der Waals surface area contributed by atoms with Gasteiger partial charge in [0.25, 0.3) is 5.91 Å². The van der Waals surface area contributed by atoms with Gasteiger partial charge < -0.3 is 29.9 Å². The number of hydroxylamine groups is 1. The van der Waals surface area contributed by atoms with Crippen LogP contribution in [0.25, 0.3) is 17.0 Å². The molecule has 1 saturated carbocycles. The van der Waals surface area contributed by atoms with E-state index in [2.05, 4.69) is 16.4 Å². The van der Waals surface area contributed by atoms with Gasteiger partial charge in [-0.05, 0) is 99.1 Å². The van der Waals surface area contributed by atoms with Crippen LogP contribution in [0, 0.1) is 18.8 Å². The number of fused-ring (bicyclic) bond motifs is 1. The molecule has 2 aliphatic heterocycles. The fraction of sp³-hybridized carbons (Fsp3) is 0.490. The van der Waals surface area contributed by atoms with Crippen LogP contribution in [-0.4, -0.2) is 121 Å². The largest absolute Gasteiger partial charge is 0.449 e. The molecule has 17 heteroatoms. The van der Waals surface area contributed by atoms with Gasteiger partial charge in [-0.2, -0.15) is 0 Å². The first kappa shape index (κ1) is 49.6. The number of carbonyl (C=O) groups is 7. The molecule has 6 rings (SSSR count). The van der Waals surface area contributed by atoms with Crippen molar-refractivity contribution in [2.45, 2.75) is 102 Å². The van der Waals surface area contributed by atoms with Crippen molar-refractivity contribution >= 4 is 70.2 Å². The SMILES string of the molecule is Cc1[nH]c2ccccc2c1CCN(Cc1ccc(/C=C/C(=O)NO)cc1)C(=O)OCCSC1CC(=O)N(CCCCCC(=O)CCC2CCC(C(=O)NCCN3C(=O)C=CC3O)CC2)C1=O. The second-order valence-electron chi connectivity index (χ2n) is 17.3. The number of imide groups is 1. The van der Waals surface area contributed by atoms with Gasteiger partial charge in [-0.15, -0.1) is 11.8 Å². The van der Waals surface area contributed by atoms with E-state index >= 15 is 0 Å². The highest BCUT2D eigenvalue weighted by Gasteiger charge is 2.38. The van der Waals surface area contributed by atoms with Crippen LogP contribution in [0.4, 0.5) is 4.79 Å². The van der Waals surface area contributed by atoms with Crippen LogP contribution in [0.1, 0.15) is 93.0 Å². The predicted octanol–water partition coefficient (Wildman–Crippen LogP) is 5.59. The van der Waals surface area contributed by atoms with Gasteiger partial charge in [0.15, 0.2) is 0 Å². The van der Waals surface area contributed by atoms with Crippen LogP contribution in [0.5, 0.6) is 0 Å². The number of aliphatic hydroxyl groups excluding tert-OH is 1. The number of rotatable bonds is 24. The number of hydrogen-bond acceptors (Lipinski definition) is 11. The number of carbonyl (C=O) groups excluding carboxylic acids is 7. The zero-order valence-corrected chi connectivity index (χ0v) is 38.4. The maximum absolute atomic E-state index is 13.6. The molecule has 16 nitrogen and oxygen atoms in total. The second kappa shape index (κ2) is 24.7. The third-order valence-corrected chi connectivity index (χ3v) is 13.9. The van der Waals surface area contributed by atoms with Crippen molar-refractivity contribution in [3.8, 4) is 0 Å². The molecule has 3 aromatic rings. The number of aliphatic hydroxyl groups is 1. The first-order chi connectivity index (χ1) is 31.9. The van der Waals surface area contributed by atoms with Crippen molar-refractivity contribution in [3.05, 3.63) is 89.1 Å². The number of nitrogens with one attached hydrogen (secondary N) is 3. The van der Waals surface area contributed by atoms with E-state index in [-0.39, 0.29) is 68.0 Å². The molecule has 2 atom stereocenters. The van der Waals surface area contributed by atoms with Crippen LogP contribution < -0.4 is 10.8 Å². The van der Waals surface area contributed by atoms with E-state index in [4.69, 9.17) is 9.94 Å². The molecule has 6 amide bonds. The molecule has 1 aromatic heterocycles. The third-order valence-electron chi connectivity index (χ3n) is 12.7. The van der Waals surface area contributed by atoms with Crippen molar-refractivity contribution in [2.24, 2.45) is 11.8 Å². The fourth-order valence-electron chi connectivity index (χ4n) is 8.89. The highest BCUT2D eigenvalue weighted by atomic mass is 32.2. The number of amides is 6. The summed E-state index contributed by atoms with van der Waals surface area (Å²) in [6, 6.07) is 15.4. The summed E-state index contributed by atoms with van der Waals surface area (Å²) in [7, 11) is 0. The molecule has 2 aromatic carbocycles. The van der Waals surface area contributed by atoms with E-state index in [1.54, 1.807) is 16.5 Å². The first-order valence-corrected chi connectivity index (χ1v) is 24.1. The van der Waals surface area contributed by atoms with E-state index in [9.17, 15) is 38.7 Å². The molecule has 0 radical (unpaired) electrons. The molecule has 2 unspecified atom stereocenters. The van der Waals surface area contributed by atoms with Crippen LogP contribution >= 0.6 is 11.8 Å². The van der Waals surface area contributed by atoms with Crippen molar-refractivity contribution in [1.29, 1.82) is 0 Å². The smallest absolute Gasteiger partial charge is 0.410 e. The third kappa shape index (κ3) is 14.1. The molecule has 66 heavy (non-hydrogen) atoms. The van der Waals surface area contributed by atoms with Crippen LogP contribution in [0.2, 0.25) is 0 Å². The monoisotopic (exact) mass is 926 g/mol. The Morgan fingerprint density at radius 3 is 2.48 bits per heavy atom. The number of ether oxygens (including phenoxy) is 1. The van der Waals surface area contributed by atoms with Crippen LogP contribution in [0.15, 0.2) is 66.8 Å². The predicted molar refractivity (Wildman–Crippen MR) is 250 cm³/mol. The van der Waals surface area contributed by atoms with Gasteiger partial charge in [-0.25, -0.2) is 10.3 Å².